The Bertz CT molecular complexity index is 933. The summed E-state index contributed by atoms with van der Waals surface area (Å²) >= 11 is -6.46. The Labute approximate surface area is 173 Å². The van der Waals surface area contributed by atoms with Gasteiger partial charge in [-0.15, -0.1) is 0 Å². The molecular formula is C4F12N2O8S4Sn. The van der Waals surface area contributed by atoms with E-state index in [0.717, 1.165) is 0 Å². The molecule has 0 fully saturated rings. The predicted molar refractivity (Wildman–Crippen MR) is 69.3 cm³/mol. The molecule has 0 aromatic carbocycles. The molecule has 0 unspecified atom stereocenters. The molecule has 0 saturated carbocycles. The first-order chi connectivity index (χ1) is 13.0. The third kappa shape index (κ3) is 5.61. The van der Waals surface area contributed by atoms with Gasteiger partial charge in [0.15, 0.2) is 0 Å². The summed E-state index contributed by atoms with van der Waals surface area (Å²) in [6.45, 7) is 0. The van der Waals surface area contributed by atoms with Crippen LogP contribution < -0.4 is 0 Å². The summed E-state index contributed by atoms with van der Waals surface area (Å²) in [6, 6.07) is 0. The van der Waals surface area contributed by atoms with Crippen LogP contribution in [-0.2, 0) is 40.1 Å². The van der Waals surface area contributed by atoms with E-state index in [2.05, 4.69) is 0 Å². The Morgan fingerprint density at radius 1 is 0.387 bits per heavy atom. The molecule has 0 bridgehead atoms. The number of alkyl halides is 12. The summed E-state index contributed by atoms with van der Waals surface area (Å²) in [5.41, 5.74) is -28.7. The topological polar surface area (TPSA) is 143 Å². The fourth-order valence-corrected chi connectivity index (χ4v) is 16.4. The van der Waals surface area contributed by atoms with Crippen LogP contribution in [0.2, 0.25) is 0 Å². The average molecular weight is 679 g/mol. The van der Waals surface area contributed by atoms with Crippen molar-refractivity contribution in [3.8, 4) is 0 Å². The molecule has 186 valence electrons. The van der Waals surface area contributed by atoms with Crippen LogP contribution in [0.1, 0.15) is 0 Å². The average Bonchev–Trinajstić information content (AvgIpc) is 2.41. The van der Waals surface area contributed by atoms with E-state index in [1.54, 1.807) is 0 Å². The van der Waals surface area contributed by atoms with Gasteiger partial charge in [0.1, 0.15) is 0 Å². The van der Waals surface area contributed by atoms with Crippen molar-refractivity contribution >= 4 is 61.8 Å². The minimum atomic E-state index is -8.09. The molecule has 0 N–H and O–H groups in total. The van der Waals surface area contributed by atoms with Crippen molar-refractivity contribution in [3.05, 3.63) is 0 Å². The molecular weight excluding hydrogens is 679 g/mol. The van der Waals surface area contributed by atoms with E-state index in [1.807, 2.05) is 0 Å². The van der Waals surface area contributed by atoms with Gasteiger partial charge in [-0.3, -0.25) is 0 Å². The van der Waals surface area contributed by atoms with Crippen molar-refractivity contribution in [1.29, 1.82) is 0 Å². The fraction of sp³-hybridized carbons (Fsp3) is 1.00. The third-order valence-electron chi connectivity index (χ3n) is 2.21. The van der Waals surface area contributed by atoms with Crippen molar-refractivity contribution in [3.63, 3.8) is 0 Å². The monoisotopic (exact) mass is 680 g/mol. The summed E-state index contributed by atoms with van der Waals surface area (Å²) in [4.78, 5) is 0. The van der Waals surface area contributed by atoms with Crippen molar-refractivity contribution in [2.75, 3.05) is 0 Å². The van der Waals surface area contributed by atoms with Crippen molar-refractivity contribution in [2.24, 2.45) is 0 Å². The van der Waals surface area contributed by atoms with Crippen LogP contribution in [0.25, 0.3) is 0 Å². The Balaban J connectivity index is 7.46. The van der Waals surface area contributed by atoms with Gasteiger partial charge in [-0.1, -0.05) is 0 Å². The van der Waals surface area contributed by atoms with Gasteiger partial charge in [-0.2, -0.15) is 0 Å². The first-order valence-corrected chi connectivity index (χ1v) is 13.9. The van der Waals surface area contributed by atoms with Crippen LogP contribution in [0.5, 0.6) is 0 Å². The van der Waals surface area contributed by atoms with E-state index in [0.29, 0.717) is 0 Å². The molecule has 0 rings (SSSR count). The molecule has 0 aromatic heterocycles. The predicted octanol–water partition coefficient (Wildman–Crippen LogP) is 0.523. The summed E-state index contributed by atoms with van der Waals surface area (Å²) in [5.74, 6) is 0. The van der Waals surface area contributed by atoms with Crippen LogP contribution in [-0.4, -0.2) is 81.3 Å². The molecule has 0 spiro atoms. The molecule has 0 atom stereocenters. The standard InChI is InChI=1S/2C2F6NO4S2.Sn/c2*3-1(4,5)14(10,11)9-15(12,13)2(6,7)8;/q2*-1;+2. The normalized spacial score (nSPS) is 16.2. The zero-order valence-corrected chi connectivity index (χ0v) is 18.9. The molecule has 0 aliphatic heterocycles. The molecule has 0 heterocycles. The summed E-state index contributed by atoms with van der Waals surface area (Å²) in [7, 11) is -32.4. The number of hydrogen-bond acceptors (Lipinski definition) is 8. The molecule has 0 aromatic rings. The second kappa shape index (κ2) is 8.16. The number of rotatable bonds is 6. The van der Waals surface area contributed by atoms with Crippen LogP contribution in [0.3, 0.4) is 0 Å². The van der Waals surface area contributed by atoms with E-state index in [1.165, 1.54) is 0 Å². The van der Waals surface area contributed by atoms with Gasteiger partial charge in [0.2, 0.25) is 0 Å². The van der Waals surface area contributed by atoms with Crippen LogP contribution in [0.4, 0.5) is 52.7 Å². The van der Waals surface area contributed by atoms with Crippen molar-refractivity contribution < 1.29 is 86.4 Å². The van der Waals surface area contributed by atoms with Gasteiger partial charge < -0.3 is 0 Å². The maximum atomic E-state index is 12.5. The van der Waals surface area contributed by atoms with Gasteiger partial charge in [0, 0.05) is 0 Å². The summed E-state index contributed by atoms with van der Waals surface area (Å²) in [6.07, 6.45) is 0. The molecule has 0 aliphatic rings. The number of sulfonamides is 4. The van der Waals surface area contributed by atoms with Crippen LogP contribution >= 0.6 is 0 Å². The summed E-state index contributed by atoms with van der Waals surface area (Å²) in [5, 5.41) is 0. The van der Waals surface area contributed by atoms with E-state index in [-0.39, 0.29) is 0 Å². The number of halogens is 12. The Morgan fingerprint density at radius 2 is 0.516 bits per heavy atom. The van der Waals surface area contributed by atoms with E-state index in [9.17, 15) is 86.4 Å². The first-order valence-electron chi connectivity index (χ1n) is 5.60. The summed E-state index contributed by atoms with van der Waals surface area (Å²) < 4.78 is 233. The van der Waals surface area contributed by atoms with Gasteiger partial charge in [-0.05, 0) is 0 Å². The second-order valence-electron chi connectivity index (χ2n) is 4.30. The molecule has 0 aliphatic carbocycles. The van der Waals surface area contributed by atoms with Crippen molar-refractivity contribution in [2.45, 2.75) is 22.0 Å². The van der Waals surface area contributed by atoms with Gasteiger partial charge in [-0.25, -0.2) is 0 Å². The van der Waals surface area contributed by atoms with Crippen LogP contribution in [0.15, 0.2) is 0 Å². The fourth-order valence-electron chi connectivity index (χ4n) is 0.916. The SMILES string of the molecule is O=S(=O)([N]([Sn][N](S(=O)(=O)C(F)(F)F)S(=O)(=O)C(F)(F)F)S(=O)(=O)C(F)(F)F)C(F)(F)F. The zero-order valence-electron chi connectivity index (χ0n) is 12.8. The molecule has 31 heavy (non-hydrogen) atoms. The molecule has 10 nitrogen and oxygen atoms in total. The van der Waals surface area contributed by atoms with Crippen LogP contribution in [0, 0.1) is 0 Å². The van der Waals surface area contributed by atoms with Crippen molar-refractivity contribution in [1.82, 2.24) is 3.86 Å². The number of hydrogen-bond donors (Lipinski definition) is 0. The van der Waals surface area contributed by atoms with E-state index in [4.69, 9.17) is 0 Å². The second-order valence-corrected chi connectivity index (χ2v) is 18.7. The minimum absolute atomic E-state index is 3.07. The van der Waals surface area contributed by atoms with Gasteiger partial charge in [0.25, 0.3) is 0 Å². The van der Waals surface area contributed by atoms with E-state index >= 15 is 0 Å². The Morgan fingerprint density at radius 3 is 0.613 bits per heavy atom. The molecule has 0 amide bonds. The molecule has 27 heteroatoms. The Kier molecular flexibility index (Phi) is 8.08. The van der Waals surface area contributed by atoms with E-state index < -0.39 is 87.7 Å². The Hall–Kier alpha value is -0.321. The number of nitrogens with zero attached hydrogens (tertiary/aromatic N) is 2. The van der Waals surface area contributed by atoms with Gasteiger partial charge in [0.05, 0.1) is 0 Å². The molecule has 2 radical (unpaired) electrons. The quantitative estimate of drug-likeness (QED) is 0.293. The third-order valence-corrected chi connectivity index (χ3v) is 20.0. The molecule has 0 saturated heterocycles. The zero-order chi connectivity index (χ0) is 25.9. The maximum absolute atomic E-state index is 12.5. The first kappa shape index (κ1) is 30.7. The van der Waals surface area contributed by atoms with Gasteiger partial charge >= 0.3 is 174 Å².